The van der Waals surface area contributed by atoms with Crippen molar-refractivity contribution in [1.29, 1.82) is 0 Å². The van der Waals surface area contributed by atoms with Gasteiger partial charge >= 0.3 is 0 Å². The molecule has 11 aromatic rings. The maximum Gasteiger partial charge on any atom is 0.0619 e. The van der Waals surface area contributed by atoms with Crippen molar-refractivity contribution in [3.05, 3.63) is 228 Å². The summed E-state index contributed by atoms with van der Waals surface area (Å²) in [4.78, 5) is 0. The molecule has 0 bridgehead atoms. The maximum absolute atomic E-state index is 2.60. The fourth-order valence-electron chi connectivity index (χ4n) is 12.5. The van der Waals surface area contributed by atoms with Crippen LogP contribution in [-0.2, 0) is 27.1 Å². The van der Waals surface area contributed by atoms with Crippen LogP contribution in [0.3, 0.4) is 0 Å². The molecule has 0 saturated carbocycles. The predicted octanol–water partition coefficient (Wildman–Crippen LogP) is 20.9. The lowest BCUT2D eigenvalue weighted by Crippen LogP contribution is -2.16. The summed E-state index contributed by atoms with van der Waals surface area (Å²) in [5.74, 6) is 0. The van der Waals surface area contributed by atoms with Crippen molar-refractivity contribution in [2.75, 3.05) is 0 Å². The van der Waals surface area contributed by atoms with Gasteiger partial charge < -0.3 is 9.13 Å². The van der Waals surface area contributed by atoms with Gasteiger partial charge in [0, 0.05) is 38.4 Å². The Bertz CT molecular complexity index is 4080. The fourth-order valence-corrected chi connectivity index (χ4v) is 12.5. The van der Waals surface area contributed by atoms with Gasteiger partial charge in [0.1, 0.15) is 0 Å². The average molecular weight is 1000 g/mol. The van der Waals surface area contributed by atoms with Gasteiger partial charge in [0.05, 0.1) is 28.1 Å². The van der Waals surface area contributed by atoms with E-state index in [2.05, 4.69) is 300 Å². The molecule has 1 aliphatic rings. The van der Waals surface area contributed by atoms with Crippen LogP contribution in [-0.4, -0.2) is 9.13 Å². The first-order chi connectivity index (χ1) is 36.5. The molecule has 2 nitrogen and oxygen atoms in total. The summed E-state index contributed by atoms with van der Waals surface area (Å²) in [6, 6.07) is 74.6. The van der Waals surface area contributed by atoms with Crippen molar-refractivity contribution in [2.24, 2.45) is 0 Å². The van der Waals surface area contributed by atoms with Crippen molar-refractivity contribution in [3.8, 4) is 67.3 Å². The molecule has 0 amide bonds. The molecule has 0 unspecified atom stereocenters. The minimum absolute atomic E-state index is 0.0296. The highest BCUT2D eigenvalue weighted by atomic mass is 15.0. The number of nitrogens with zero attached hydrogens (tertiary/aromatic N) is 2. The van der Waals surface area contributed by atoms with E-state index in [4.69, 9.17) is 0 Å². The number of aromatic nitrogens is 2. The Balaban J connectivity index is 1.09. The standard InChI is InChI=1S/C75H74N2/c1-71(2,3)51-35-27-47(28-36-51)66-59-23-17-19-25-63(59)76(69(66)49-31-39-53(40-32-49)73(7,8)9)55-43-44-58-61(45-55)75(13,14)62-46-65(56-21-15-16-22-57(56)68(58)62)77-64-26-20-18-24-60(64)67(48-29-37-52(38-30-48)72(4,5)6)70(77)50-33-41-54(42-34-50)74(10,11)12/h15-46H,1-14H3. The number of hydrogen-bond acceptors (Lipinski definition) is 0. The van der Waals surface area contributed by atoms with Gasteiger partial charge in [-0.05, 0) is 124 Å². The third-order valence-electron chi connectivity index (χ3n) is 17.0. The number of rotatable bonds is 6. The Morgan fingerprint density at radius 2 is 0.675 bits per heavy atom. The number of para-hydroxylation sites is 2. The maximum atomic E-state index is 2.60. The molecule has 77 heavy (non-hydrogen) atoms. The van der Waals surface area contributed by atoms with E-state index in [1.807, 2.05) is 0 Å². The van der Waals surface area contributed by atoms with Crippen molar-refractivity contribution in [3.63, 3.8) is 0 Å². The van der Waals surface area contributed by atoms with Crippen LogP contribution in [0.4, 0.5) is 0 Å². The van der Waals surface area contributed by atoms with E-state index in [-0.39, 0.29) is 27.1 Å². The van der Waals surface area contributed by atoms with Gasteiger partial charge in [0.25, 0.3) is 0 Å². The zero-order valence-electron chi connectivity index (χ0n) is 47.9. The Kier molecular flexibility index (Phi) is 11.5. The first-order valence-corrected chi connectivity index (χ1v) is 27.9. The normalized spacial score (nSPS) is 13.7. The molecule has 12 rings (SSSR count). The van der Waals surface area contributed by atoms with Crippen LogP contribution in [0.1, 0.15) is 130 Å². The summed E-state index contributed by atoms with van der Waals surface area (Å²) in [7, 11) is 0. The summed E-state index contributed by atoms with van der Waals surface area (Å²) in [6.45, 7) is 32.5. The van der Waals surface area contributed by atoms with Crippen LogP contribution in [0.15, 0.2) is 194 Å². The fraction of sp³-hybridized carbons (Fsp3) is 0.253. The van der Waals surface area contributed by atoms with Gasteiger partial charge in [0.2, 0.25) is 0 Å². The van der Waals surface area contributed by atoms with E-state index in [0.29, 0.717) is 0 Å². The van der Waals surface area contributed by atoms with Gasteiger partial charge in [0.15, 0.2) is 0 Å². The Morgan fingerprint density at radius 1 is 0.312 bits per heavy atom. The van der Waals surface area contributed by atoms with Gasteiger partial charge in [-0.25, -0.2) is 0 Å². The highest BCUT2D eigenvalue weighted by Crippen LogP contribution is 2.55. The molecule has 2 aromatic heterocycles. The van der Waals surface area contributed by atoms with E-state index >= 15 is 0 Å². The van der Waals surface area contributed by atoms with Gasteiger partial charge in [-0.1, -0.05) is 261 Å². The Labute approximate surface area is 458 Å². The molecule has 0 aliphatic heterocycles. The molecule has 9 aromatic carbocycles. The third kappa shape index (κ3) is 8.30. The minimum Gasteiger partial charge on any atom is -0.309 e. The Morgan fingerprint density at radius 3 is 1.10 bits per heavy atom. The lowest BCUT2D eigenvalue weighted by atomic mass is 9.81. The lowest BCUT2D eigenvalue weighted by Gasteiger charge is -2.25. The molecule has 0 N–H and O–H groups in total. The summed E-state index contributed by atoms with van der Waals surface area (Å²) in [5, 5.41) is 5.00. The van der Waals surface area contributed by atoms with Crippen LogP contribution < -0.4 is 0 Å². The molecule has 0 radical (unpaired) electrons. The molecular weight excluding hydrogens is 929 g/mol. The summed E-state index contributed by atoms with van der Waals surface area (Å²) < 4.78 is 5.15. The van der Waals surface area contributed by atoms with E-state index in [0.717, 1.165) is 5.69 Å². The second kappa shape index (κ2) is 17.7. The summed E-state index contributed by atoms with van der Waals surface area (Å²) >= 11 is 0. The molecular formula is C75H74N2. The zero-order valence-corrected chi connectivity index (χ0v) is 47.9. The smallest absolute Gasteiger partial charge is 0.0619 e. The first kappa shape index (κ1) is 50.2. The van der Waals surface area contributed by atoms with Crippen LogP contribution in [0, 0.1) is 0 Å². The topological polar surface area (TPSA) is 9.86 Å². The highest BCUT2D eigenvalue weighted by molar-refractivity contribution is 6.11. The molecule has 0 saturated heterocycles. The van der Waals surface area contributed by atoms with Gasteiger partial charge in [-0.3, -0.25) is 0 Å². The molecule has 0 spiro atoms. The predicted molar refractivity (Wildman–Crippen MR) is 332 cm³/mol. The molecule has 384 valence electrons. The second-order valence-electron chi connectivity index (χ2n) is 26.7. The second-order valence-corrected chi connectivity index (χ2v) is 26.7. The number of hydrogen-bond donors (Lipinski definition) is 0. The van der Waals surface area contributed by atoms with Crippen LogP contribution in [0.25, 0.3) is 99.8 Å². The van der Waals surface area contributed by atoms with Crippen LogP contribution in [0.2, 0.25) is 0 Å². The summed E-state index contributed by atoms with van der Waals surface area (Å²) in [5.41, 5.74) is 25.0. The SMILES string of the molecule is CC(C)(C)c1ccc(-c2c(-c3ccc(C(C)(C)C)cc3)n(-c3ccc4c(c3)C(C)(C)c3cc(-n5c(-c6ccc(C(C)(C)C)cc6)c(-c6ccc(C(C)(C)C)cc6)c6ccccc65)c5ccccc5c3-4)c3ccccc23)cc1. The summed E-state index contributed by atoms with van der Waals surface area (Å²) in [6.07, 6.45) is 0. The number of fused-ring (bicyclic) bond motifs is 7. The average Bonchev–Trinajstić information content (AvgIpc) is 4.05. The molecule has 2 heterocycles. The third-order valence-corrected chi connectivity index (χ3v) is 17.0. The van der Waals surface area contributed by atoms with Crippen molar-refractivity contribution in [1.82, 2.24) is 9.13 Å². The number of benzene rings is 9. The molecule has 2 heteroatoms. The van der Waals surface area contributed by atoms with Crippen LogP contribution >= 0.6 is 0 Å². The molecule has 0 fully saturated rings. The van der Waals surface area contributed by atoms with E-state index < -0.39 is 0 Å². The van der Waals surface area contributed by atoms with Crippen molar-refractivity contribution >= 4 is 32.6 Å². The lowest BCUT2D eigenvalue weighted by molar-refractivity contribution is 0.590. The van der Waals surface area contributed by atoms with E-state index in [1.165, 1.54) is 128 Å². The highest BCUT2D eigenvalue weighted by Gasteiger charge is 2.39. The quantitative estimate of drug-likeness (QED) is 0.157. The van der Waals surface area contributed by atoms with Crippen molar-refractivity contribution < 1.29 is 0 Å². The zero-order chi connectivity index (χ0) is 54.1. The largest absolute Gasteiger partial charge is 0.309 e. The van der Waals surface area contributed by atoms with E-state index in [1.54, 1.807) is 0 Å². The van der Waals surface area contributed by atoms with Gasteiger partial charge in [-0.2, -0.15) is 0 Å². The van der Waals surface area contributed by atoms with Gasteiger partial charge in [-0.15, -0.1) is 0 Å². The van der Waals surface area contributed by atoms with Crippen LogP contribution in [0.5, 0.6) is 0 Å². The monoisotopic (exact) mass is 1000 g/mol. The van der Waals surface area contributed by atoms with E-state index in [9.17, 15) is 0 Å². The van der Waals surface area contributed by atoms with Crippen molar-refractivity contribution in [2.45, 2.75) is 124 Å². The Hall–Kier alpha value is -7.68. The molecule has 0 atom stereocenters. The minimum atomic E-state index is -0.342. The first-order valence-electron chi connectivity index (χ1n) is 27.9. The molecule has 1 aliphatic carbocycles.